The van der Waals surface area contributed by atoms with Gasteiger partial charge in [-0.2, -0.15) is 0 Å². The van der Waals surface area contributed by atoms with Crippen LogP contribution in [0.5, 0.6) is 0 Å². The van der Waals surface area contributed by atoms with E-state index in [4.69, 9.17) is 0 Å². The lowest BCUT2D eigenvalue weighted by molar-refractivity contribution is 0.0858. The van der Waals surface area contributed by atoms with Gasteiger partial charge < -0.3 is 0 Å². The van der Waals surface area contributed by atoms with Crippen molar-refractivity contribution in [3.05, 3.63) is 107 Å². The molecule has 0 unspecified atom stereocenters. The van der Waals surface area contributed by atoms with E-state index in [1.54, 1.807) is 0 Å². The van der Waals surface area contributed by atoms with Crippen LogP contribution in [0.15, 0.2) is 78.9 Å². The van der Waals surface area contributed by atoms with E-state index < -0.39 is 0 Å². The Balaban J connectivity index is 0.00000341. The van der Waals surface area contributed by atoms with Crippen molar-refractivity contribution in [3.63, 3.8) is 0 Å². The zero-order valence-corrected chi connectivity index (χ0v) is 19.4. The number of hydrogen-bond acceptors (Lipinski definition) is 3. The topological polar surface area (TPSA) is 37.4 Å². The van der Waals surface area contributed by atoms with E-state index in [0.29, 0.717) is 11.1 Å². The first kappa shape index (κ1) is 24.5. The summed E-state index contributed by atoms with van der Waals surface area (Å²) in [5, 5.41) is 0. The molecule has 0 saturated carbocycles. The molecule has 0 bridgehead atoms. The fraction of sp³-hybridized carbons (Fsp3) is 0.259. The van der Waals surface area contributed by atoms with E-state index in [9.17, 15) is 9.59 Å². The number of Topliss-reactive ketones (excluding diaryl/α,β-unsaturated/α-hetero) is 1. The molecule has 31 heavy (non-hydrogen) atoms. The van der Waals surface area contributed by atoms with E-state index in [1.807, 2.05) is 99.6 Å². The van der Waals surface area contributed by atoms with E-state index in [2.05, 4.69) is 11.9 Å². The van der Waals surface area contributed by atoms with Crippen LogP contribution in [0.3, 0.4) is 0 Å². The minimum Gasteiger partial charge on any atom is -0.298 e. The quantitative estimate of drug-likeness (QED) is 0.414. The Morgan fingerprint density at radius 2 is 1.10 bits per heavy atom. The van der Waals surface area contributed by atoms with Crippen LogP contribution in [-0.4, -0.2) is 23.5 Å². The zero-order chi connectivity index (χ0) is 21.7. The largest absolute Gasteiger partial charge is 0.298 e. The minimum atomic E-state index is -0.369. The molecule has 3 aromatic carbocycles. The SMILES string of the molecule is CN(Cc1ccc(C(=O)c2ccccc2)cc1)Cc1ccc(C(=O)C(C)(C)C)cc1.Cl. The van der Waals surface area contributed by atoms with Gasteiger partial charge in [0.25, 0.3) is 0 Å². The summed E-state index contributed by atoms with van der Waals surface area (Å²) in [6.07, 6.45) is 0. The highest BCUT2D eigenvalue weighted by Gasteiger charge is 2.22. The van der Waals surface area contributed by atoms with E-state index in [0.717, 1.165) is 24.2 Å². The van der Waals surface area contributed by atoms with Crippen molar-refractivity contribution in [1.29, 1.82) is 0 Å². The Labute approximate surface area is 191 Å². The van der Waals surface area contributed by atoms with Crippen molar-refractivity contribution in [2.24, 2.45) is 5.41 Å². The van der Waals surface area contributed by atoms with Crippen molar-refractivity contribution in [2.75, 3.05) is 7.05 Å². The monoisotopic (exact) mass is 435 g/mol. The minimum absolute atomic E-state index is 0. The van der Waals surface area contributed by atoms with Gasteiger partial charge in [0, 0.05) is 35.2 Å². The summed E-state index contributed by atoms with van der Waals surface area (Å²) in [6.45, 7) is 7.39. The van der Waals surface area contributed by atoms with Gasteiger partial charge in [0.1, 0.15) is 0 Å². The number of benzene rings is 3. The van der Waals surface area contributed by atoms with Crippen LogP contribution in [-0.2, 0) is 13.1 Å². The molecular weight excluding hydrogens is 406 g/mol. The molecule has 3 nitrogen and oxygen atoms in total. The van der Waals surface area contributed by atoms with Gasteiger partial charge >= 0.3 is 0 Å². The molecule has 0 radical (unpaired) electrons. The Morgan fingerprint density at radius 3 is 1.55 bits per heavy atom. The molecule has 0 aliphatic rings. The summed E-state index contributed by atoms with van der Waals surface area (Å²) < 4.78 is 0. The average Bonchev–Trinajstić information content (AvgIpc) is 2.74. The fourth-order valence-corrected chi connectivity index (χ4v) is 3.39. The van der Waals surface area contributed by atoms with Crippen LogP contribution in [0, 0.1) is 5.41 Å². The lowest BCUT2D eigenvalue weighted by atomic mass is 9.86. The van der Waals surface area contributed by atoms with Crippen LogP contribution in [0.2, 0.25) is 0 Å². The fourth-order valence-electron chi connectivity index (χ4n) is 3.39. The van der Waals surface area contributed by atoms with Gasteiger partial charge in [0.15, 0.2) is 11.6 Å². The molecule has 0 saturated heterocycles. The Hall–Kier alpha value is -2.75. The molecular formula is C27H30ClNO2. The first-order chi connectivity index (χ1) is 14.2. The van der Waals surface area contributed by atoms with Crippen molar-refractivity contribution in [1.82, 2.24) is 4.90 Å². The van der Waals surface area contributed by atoms with Gasteiger partial charge in [-0.1, -0.05) is 99.6 Å². The van der Waals surface area contributed by atoms with Gasteiger partial charge in [0.05, 0.1) is 0 Å². The van der Waals surface area contributed by atoms with Crippen molar-refractivity contribution < 1.29 is 9.59 Å². The third-order valence-electron chi connectivity index (χ3n) is 5.05. The van der Waals surface area contributed by atoms with Crippen LogP contribution in [0.1, 0.15) is 58.2 Å². The van der Waals surface area contributed by atoms with Gasteiger partial charge in [-0.05, 0) is 18.2 Å². The molecule has 0 atom stereocenters. The summed E-state index contributed by atoms with van der Waals surface area (Å²) in [5.74, 6) is 0.202. The van der Waals surface area contributed by atoms with Crippen molar-refractivity contribution >= 4 is 24.0 Å². The molecule has 3 aromatic rings. The van der Waals surface area contributed by atoms with Gasteiger partial charge in [-0.25, -0.2) is 0 Å². The first-order valence-corrected chi connectivity index (χ1v) is 10.2. The molecule has 0 aliphatic heterocycles. The van der Waals surface area contributed by atoms with E-state index >= 15 is 0 Å². The zero-order valence-electron chi connectivity index (χ0n) is 18.6. The number of carbonyl (C=O) groups excluding carboxylic acids is 2. The van der Waals surface area contributed by atoms with E-state index in [-0.39, 0.29) is 29.4 Å². The van der Waals surface area contributed by atoms with Gasteiger partial charge in [-0.15, -0.1) is 12.4 Å². The predicted octanol–water partition coefficient (Wildman–Crippen LogP) is 6.20. The smallest absolute Gasteiger partial charge is 0.193 e. The summed E-state index contributed by atoms with van der Waals surface area (Å²) in [6, 6.07) is 25.0. The molecule has 0 N–H and O–H groups in total. The van der Waals surface area contributed by atoms with Crippen LogP contribution in [0.4, 0.5) is 0 Å². The van der Waals surface area contributed by atoms with Crippen LogP contribution >= 0.6 is 12.4 Å². The normalized spacial score (nSPS) is 11.1. The number of rotatable bonds is 7. The first-order valence-electron chi connectivity index (χ1n) is 10.2. The third kappa shape index (κ3) is 6.61. The molecule has 162 valence electrons. The number of nitrogens with zero attached hydrogens (tertiary/aromatic N) is 1. The molecule has 0 aromatic heterocycles. The van der Waals surface area contributed by atoms with Crippen molar-refractivity contribution in [3.8, 4) is 0 Å². The molecule has 0 aliphatic carbocycles. The average molecular weight is 436 g/mol. The van der Waals surface area contributed by atoms with Crippen LogP contribution < -0.4 is 0 Å². The standard InChI is InChI=1S/C27H29NO2.ClH/c1-27(2,3)26(30)24-16-12-21(13-17-24)19-28(4)18-20-10-14-23(15-11-20)25(29)22-8-6-5-7-9-22;/h5-17H,18-19H2,1-4H3;1H. The second-order valence-electron chi connectivity index (χ2n) is 8.84. The second kappa shape index (κ2) is 10.5. The lowest BCUT2D eigenvalue weighted by Gasteiger charge is -2.19. The number of carbonyl (C=O) groups is 2. The Kier molecular flexibility index (Phi) is 8.32. The van der Waals surface area contributed by atoms with Gasteiger partial charge in [0.2, 0.25) is 0 Å². The van der Waals surface area contributed by atoms with Gasteiger partial charge in [-0.3, -0.25) is 14.5 Å². The number of hydrogen-bond donors (Lipinski definition) is 0. The highest BCUT2D eigenvalue weighted by atomic mass is 35.5. The highest BCUT2D eigenvalue weighted by molar-refractivity contribution is 6.08. The molecule has 0 heterocycles. The number of ketones is 2. The Morgan fingerprint density at radius 1 is 0.677 bits per heavy atom. The summed E-state index contributed by atoms with van der Waals surface area (Å²) >= 11 is 0. The molecule has 0 fully saturated rings. The predicted molar refractivity (Wildman–Crippen MR) is 129 cm³/mol. The highest BCUT2D eigenvalue weighted by Crippen LogP contribution is 2.21. The van der Waals surface area contributed by atoms with Crippen LogP contribution in [0.25, 0.3) is 0 Å². The molecule has 3 rings (SSSR count). The maximum atomic E-state index is 12.5. The second-order valence-corrected chi connectivity index (χ2v) is 8.84. The summed E-state index contributed by atoms with van der Waals surface area (Å²) in [7, 11) is 2.07. The molecule has 0 amide bonds. The Bertz CT molecular complexity index is 1000. The lowest BCUT2D eigenvalue weighted by Crippen LogP contribution is -2.20. The van der Waals surface area contributed by atoms with E-state index in [1.165, 1.54) is 5.56 Å². The summed E-state index contributed by atoms with van der Waals surface area (Å²) in [4.78, 5) is 27.1. The molecule has 4 heteroatoms. The third-order valence-corrected chi connectivity index (χ3v) is 5.05. The maximum absolute atomic E-state index is 12.5. The molecule has 0 spiro atoms. The number of halogens is 1. The summed E-state index contributed by atoms with van der Waals surface area (Å²) in [5.41, 5.74) is 4.11. The maximum Gasteiger partial charge on any atom is 0.193 e. The van der Waals surface area contributed by atoms with Crippen molar-refractivity contribution in [2.45, 2.75) is 33.9 Å².